The second-order valence-corrected chi connectivity index (χ2v) is 6.67. The molecule has 1 aromatic heterocycles. The molecule has 0 aliphatic rings. The summed E-state index contributed by atoms with van der Waals surface area (Å²) in [6.45, 7) is 0.117. The average Bonchev–Trinajstić information content (AvgIpc) is 2.72. The SMILES string of the molecule is CS(=O)(=O)c1ccc(OCc2cn[nH]c2Br)c(F)c1. The van der Waals surface area contributed by atoms with Crippen molar-refractivity contribution in [2.24, 2.45) is 0 Å². The Morgan fingerprint density at radius 1 is 1.47 bits per heavy atom. The van der Waals surface area contributed by atoms with Gasteiger partial charge in [-0.1, -0.05) is 0 Å². The number of H-pyrrole nitrogens is 1. The fourth-order valence-electron chi connectivity index (χ4n) is 1.38. The van der Waals surface area contributed by atoms with E-state index in [0.29, 0.717) is 4.60 Å². The Morgan fingerprint density at radius 3 is 2.74 bits per heavy atom. The highest BCUT2D eigenvalue weighted by Crippen LogP contribution is 2.23. The minimum Gasteiger partial charge on any atom is -0.486 e. The molecule has 19 heavy (non-hydrogen) atoms. The van der Waals surface area contributed by atoms with E-state index in [0.717, 1.165) is 17.9 Å². The van der Waals surface area contributed by atoms with Crippen molar-refractivity contribution in [2.75, 3.05) is 6.26 Å². The van der Waals surface area contributed by atoms with E-state index in [4.69, 9.17) is 4.74 Å². The van der Waals surface area contributed by atoms with Gasteiger partial charge in [0.2, 0.25) is 0 Å². The number of aromatic nitrogens is 2. The lowest BCUT2D eigenvalue weighted by atomic mass is 10.3. The van der Waals surface area contributed by atoms with Gasteiger partial charge in [0.25, 0.3) is 0 Å². The van der Waals surface area contributed by atoms with Crippen LogP contribution >= 0.6 is 15.9 Å². The van der Waals surface area contributed by atoms with Crippen molar-refractivity contribution in [1.82, 2.24) is 10.2 Å². The van der Waals surface area contributed by atoms with Crippen LogP contribution in [0.4, 0.5) is 4.39 Å². The van der Waals surface area contributed by atoms with E-state index in [1.807, 2.05) is 0 Å². The molecule has 2 aromatic rings. The number of ether oxygens (including phenoxy) is 1. The van der Waals surface area contributed by atoms with Crippen LogP contribution in [0.5, 0.6) is 5.75 Å². The van der Waals surface area contributed by atoms with E-state index >= 15 is 0 Å². The fraction of sp³-hybridized carbons (Fsp3) is 0.182. The molecule has 0 unspecified atom stereocenters. The first-order valence-corrected chi connectivity index (χ1v) is 7.86. The molecule has 0 radical (unpaired) electrons. The molecule has 102 valence electrons. The maximum absolute atomic E-state index is 13.7. The fourth-order valence-corrected chi connectivity index (χ4v) is 2.33. The molecule has 0 atom stereocenters. The number of nitrogens with one attached hydrogen (secondary N) is 1. The second kappa shape index (κ2) is 5.30. The largest absolute Gasteiger partial charge is 0.486 e. The maximum atomic E-state index is 13.7. The van der Waals surface area contributed by atoms with Crippen LogP contribution in [0, 0.1) is 5.82 Å². The van der Waals surface area contributed by atoms with Crippen LogP contribution < -0.4 is 4.74 Å². The Balaban J connectivity index is 2.16. The van der Waals surface area contributed by atoms with Gasteiger partial charge in [0.05, 0.1) is 11.1 Å². The number of aromatic amines is 1. The topological polar surface area (TPSA) is 72.1 Å². The molecule has 5 nitrogen and oxygen atoms in total. The number of halogens is 2. The molecule has 1 N–H and O–H groups in total. The molecule has 0 spiro atoms. The van der Waals surface area contributed by atoms with Gasteiger partial charge in [0, 0.05) is 11.8 Å². The molecule has 8 heteroatoms. The zero-order chi connectivity index (χ0) is 14.0. The molecule has 0 amide bonds. The number of hydrogen-bond acceptors (Lipinski definition) is 4. The molecule has 0 saturated heterocycles. The lowest BCUT2D eigenvalue weighted by Gasteiger charge is -2.07. The zero-order valence-electron chi connectivity index (χ0n) is 9.85. The predicted molar refractivity (Wildman–Crippen MR) is 70.1 cm³/mol. The van der Waals surface area contributed by atoms with Crippen molar-refractivity contribution < 1.29 is 17.5 Å². The molecule has 2 rings (SSSR count). The molecular weight excluding hydrogens is 339 g/mol. The molecular formula is C11H10BrFN2O3S. The van der Waals surface area contributed by atoms with E-state index in [1.165, 1.54) is 12.1 Å². The zero-order valence-corrected chi connectivity index (χ0v) is 12.3. The van der Waals surface area contributed by atoms with Gasteiger partial charge in [-0.25, -0.2) is 12.8 Å². The lowest BCUT2D eigenvalue weighted by molar-refractivity contribution is 0.289. The number of rotatable bonds is 4. The Kier molecular flexibility index (Phi) is 3.91. The van der Waals surface area contributed by atoms with Crippen molar-refractivity contribution >= 4 is 25.8 Å². The highest BCUT2D eigenvalue weighted by Gasteiger charge is 2.12. The van der Waals surface area contributed by atoms with Gasteiger partial charge < -0.3 is 4.74 Å². The highest BCUT2D eigenvalue weighted by molar-refractivity contribution is 9.10. The molecule has 0 bridgehead atoms. The van der Waals surface area contributed by atoms with Gasteiger partial charge in [-0.05, 0) is 34.1 Å². The van der Waals surface area contributed by atoms with Crippen molar-refractivity contribution in [3.63, 3.8) is 0 Å². The van der Waals surface area contributed by atoms with Crippen LogP contribution in [-0.2, 0) is 16.4 Å². The van der Waals surface area contributed by atoms with Gasteiger partial charge in [0.15, 0.2) is 21.4 Å². The first kappa shape index (κ1) is 14.0. The molecule has 0 fully saturated rings. The summed E-state index contributed by atoms with van der Waals surface area (Å²) >= 11 is 3.22. The third kappa shape index (κ3) is 3.32. The van der Waals surface area contributed by atoms with Crippen molar-refractivity contribution in [2.45, 2.75) is 11.5 Å². The van der Waals surface area contributed by atoms with Crippen LogP contribution in [0.3, 0.4) is 0 Å². The third-order valence-corrected chi connectivity index (χ3v) is 4.18. The summed E-state index contributed by atoms with van der Waals surface area (Å²) in [6.07, 6.45) is 2.57. The summed E-state index contributed by atoms with van der Waals surface area (Å²) in [7, 11) is -3.43. The first-order valence-electron chi connectivity index (χ1n) is 5.18. The smallest absolute Gasteiger partial charge is 0.175 e. The number of sulfone groups is 1. The predicted octanol–water partition coefficient (Wildman–Crippen LogP) is 2.29. The molecule has 1 aromatic carbocycles. The van der Waals surface area contributed by atoms with Gasteiger partial charge >= 0.3 is 0 Å². The van der Waals surface area contributed by atoms with Crippen LogP contribution in [0.2, 0.25) is 0 Å². The van der Waals surface area contributed by atoms with E-state index in [1.54, 1.807) is 6.20 Å². The third-order valence-electron chi connectivity index (χ3n) is 2.38. The quantitative estimate of drug-likeness (QED) is 0.919. The number of benzene rings is 1. The van der Waals surface area contributed by atoms with Crippen molar-refractivity contribution in [3.05, 3.63) is 40.4 Å². The Bertz CT molecular complexity index is 700. The standard InChI is InChI=1S/C11H10BrFN2O3S/c1-19(16,17)8-2-3-10(9(13)4-8)18-6-7-5-14-15-11(7)12/h2-5H,6H2,1H3,(H,14,15). The first-order chi connectivity index (χ1) is 8.88. The molecule has 1 heterocycles. The summed E-state index contributed by atoms with van der Waals surface area (Å²) in [4.78, 5) is -0.0816. The summed E-state index contributed by atoms with van der Waals surface area (Å²) in [5.41, 5.74) is 0.728. The summed E-state index contributed by atoms with van der Waals surface area (Å²) < 4.78 is 42.1. The summed E-state index contributed by atoms with van der Waals surface area (Å²) in [5, 5.41) is 6.44. The van der Waals surface area contributed by atoms with Crippen molar-refractivity contribution in [1.29, 1.82) is 0 Å². The number of hydrogen-bond donors (Lipinski definition) is 1. The van der Waals surface area contributed by atoms with E-state index < -0.39 is 15.7 Å². The highest BCUT2D eigenvalue weighted by atomic mass is 79.9. The minimum atomic E-state index is -3.43. The summed E-state index contributed by atoms with van der Waals surface area (Å²) in [6, 6.07) is 3.53. The monoisotopic (exact) mass is 348 g/mol. The van der Waals surface area contributed by atoms with E-state index in [2.05, 4.69) is 26.1 Å². The Labute approximate surface area is 117 Å². The maximum Gasteiger partial charge on any atom is 0.175 e. The second-order valence-electron chi connectivity index (χ2n) is 3.86. The average molecular weight is 349 g/mol. The minimum absolute atomic E-state index is 0.0134. The van der Waals surface area contributed by atoms with Gasteiger partial charge in [0.1, 0.15) is 11.2 Å². The van der Waals surface area contributed by atoms with E-state index in [-0.39, 0.29) is 17.3 Å². The lowest BCUT2D eigenvalue weighted by Crippen LogP contribution is -2.01. The van der Waals surface area contributed by atoms with E-state index in [9.17, 15) is 12.8 Å². The van der Waals surface area contributed by atoms with Crippen LogP contribution in [-0.4, -0.2) is 24.9 Å². The molecule has 0 saturated carbocycles. The van der Waals surface area contributed by atoms with Gasteiger partial charge in [-0.15, -0.1) is 0 Å². The molecule has 0 aliphatic carbocycles. The van der Waals surface area contributed by atoms with Crippen LogP contribution in [0.15, 0.2) is 33.9 Å². The normalized spacial score (nSPS) is 11.5. The van der Waals surface area contributed by atoms with Gasteiger partial charge in [-0.2, -0.15) is 5.10 Å². The van der Waals surface area contributed by atoms with Crippen LogP contribution in [0.25, 0.3) is 0 Å². The van der Waals surface area contributed by atoms with Crippen molar-refractivity contribution in [3.8, 4) is 5.75 Å². The molecule has 0 aliphatic heterocycles. The Hall–Kier alpha value is -1.41. The number of nitrogens with zero attached hydrogens (tertiary/aromatic N) is 1. The van der Waals surface area contributed by atoms with Gasteiger partial charge in [-0.3, -0.25) is 5.10 Å². The summed E-state index contributed by atoms with van der Waals surface area (Å²) in [5.74, 6) is -0.733. The Morgan fingerprint density at radius 2 is 2.21 bits per heavy atom. The van der Waals surface area contributed by atoms with Crippen LogP contribution in [0.1, 0.15) is 5.56 Å².